The molecule has 0 bridgehead atoms. The monoisotopic (exact) mass is 438 g/mol. The van der Waals surface area contributed by atoms with E-state index in [4.69, 9.17) is 17.7 Å². The Morgan fingerprint density at radius 1 is 0.654 bits per heavy atom. The zero-order valence-corrected chi connectivity index (χ0v) is 23.1. The van der Waals surface area contributed by atoms with Crippen molar-refractivity contribution in [2.24, 2.45) is 0 Å². The summed E-state index contributed by atoms with van der Waals surface area (Å²) < 4.78 is 25.2. The van der Waals surface area contributed by atoms with Gasteiger partial charge in [-0.05, 0) is 78.6 Å². The molecule has 0 aromatic rings. The summed E-state index contributed by atoms with van der Waals surface area (Å²) in [5.41, 5.74) is 0. The molecule has 0 heterocycles. The number of aldehydes is 1. The minimum Gasteiger partial charge on any atom is -0.415 e. The number of carbonyl (C=O) groups is 1. The Morgan fingerprint density at radius 3 is 1.38 bits per heavy atom. The molecule has 156 valence electrons. The molecule has 26 heavy (non-hydrogen) atoms. The quantitative estimate of drug-likeness (QED) is 0.326. The standard InChI is InChI=1S/C17H42O5Si4/c1-23(2,3)19-14-16(21-25(7,8)9)17(22-26(10,11)12)15(13-18)20-24(4,5)6/h13,15-17H,14H2,1-12H3/t15-,16+,17+/m0/s1. The lowest BCUT2D eigenvalue weighted by atomic mass is 10.1. The minimum absolute atomic E-state index is 0.299. The molecule has 0 aliphatic heterocycles. The van der Waals surface area contributed by atoms with Gasteiger partial charge in [0.2, 0.25) is 0 Å². The van der Waals surface area contributed by atoms with Crippen LogP contribution in [0.3, 0.4) is 0 Å². The highest BCUT2D eigenvalue weighted by atomic mass is 28.4. The zero-order chi connectivity index (χ0) is 21.0. The van der Waals surface area contributed by atoms with Crippen molar-refractivity contribution in [2.45, 2.75) is 96.9 Å². The number of hydrogen-bond acceptors (Lipinski definition) is 5. The Kier molecular flexibility index (Phi) is 9.87. The molecule has 0 aliphatic carbocycles. The number of carbonyl (C=O) groups excluding carboxylic acids is 1. The summed E-state index contributed by atoms with van der Waals surface area (Å²) in [5.74, 6) is 0. The van der Waals surface area contributed by atoms with Crippen LogP contribution in [-0.4, -0.2) is 64.5 Å². The topological polar surface area (TPSA) is 54.0 Å². The van der Waals surface area contributed by atoms with Crippen molar-refractivity contribution >= 4 is 39.6 Å². The van der Waals surface area contributed by atoms with E-state index < -0.39 is 45.5 Å². The van der Waals surface area contributed by atoms with E-state index in [1.165, 1.54) is 0 Å². The molecule has 0 amide bonds. The lowest BCUT2D eigenvalue weighted by Crippen LogP contribution is -2.55. The third kappa shape index (κ3) is 13.5. The molecule has 0 aromatic heterocycles. The first kappa shape index (κ1) is 26.4. The number of hydrogen-bond donors (Lipinski definition) is 0. The summed E-state index contributed by atoms with van der Waals surface area (Å²) in [7, 11) is -7.42. The fraction of sp³-hybridized carbons (Fsp3) is 0.941. The Hall–Kier alpha value is 0.378. The van der Waals surface area contributed by atoms with E-state index in [-0.39, 0.29) is 6.10 Å². The molecule has 0 saturated heterocycles. The van der Waals surface area contributed by atoms with Crippen LogP contribution in [0.4, 0.5) is 0 Å². The van der Waals surface area contributed by atoms with E-state index >= 15 is 0 Å². The SMILES string of the molecule is C[Si](C)(C)OC[C@@H](O[Si](C)(C)C)[C@H](O[Si](C)(C)C)[C@H](C=O)O[Si](C)(C)C. The van der Waals surface area contributed by atoms with Crippen molar-refractivity contribution < 1.29 is 22.5 Å². The average Bonchev–Trinajstić information content (AvgIpc) is 2.34. The van der Waals surface area contributed by atoms with E-state index in [1.54, 1.807) is 0 Å². The Morgan fingerprint density at radius 2 is 1.08 bits per heavy atom. The first-order valence-corrected chi connectivity index (χ1v) is 23.1. The fourth-order valence-electron chi connectivity index (χ4n) is 2.33. The van der Waals surface area contributed by atoms with Gasteiger partial charge in [-0.2, -0.15) is 0 Å². The van der Waals surface area contributed by atoms with Crippen molar-refractivity contribution in [3.05, 3.63) is 0 Å². The van der Waals surface area contributed by atoms with Crippen LogP contribution in [0.2, 0.25) is 78.6 Å². The molecule has 0 fully saturated rings. The normalized spacial score (nSPS) is 17.7. The van der Waals surface area contributed by atoms with Gasteiger partial charge in [0.1, 0.15) is 18.5 Å². The van der Waals surface area contributed by atoms with Crippen molar-refractivity contribution in [1.82, 2.24) is 0 Å². The molecule has 0 N–H and O–H groups in total. The smallest absolute Gasteiger partial charge is 0.184 e. The first-order chi connectivity index (χ1) is 11.3. The fourth-order valence-corrected chi connectivity index (χ4v) is 6.21. The van der Waals surface area contributed by atoms with Gasteiger partial charge in [0.05, 0.1) is 12.7 Å². The largest absolute Gasteiger partial charge is 0.415 e. The molecule has 0 saturated carbocycles. The lowest BCUT2D eigenvalue weighted by Gasteiger charge is -2.40. The lowest BCUT2D eigenvalue weighted by molar-refractivity contribution is -0.123. The summed E-state index contributed by atoms with van der Waals surface area (Å²) in [6.07, 6.45) is -0.473. The maximum atomic E-state index is 11.9. The van der Waals surface area contributed by atoms with Gasteiger partial charge >= 0.3 is 0 Å². The van der Waals surface area contributed by atoms with Gasteiger partial charge in [-0.25, -0.2) is 0 Å². The Labute approximate surface area is 165 Å². The van der Waals surface area contributed by atoms with Gasteiger partial charge in [0.15, 0.2) is 33.3 Å². The Balaban J connectivity index is 5.76. The van der Waals surface area contributed by atoms with Gasteiger partial charge in [-0.3, -0.25) is 0 Å². The van der Waals surface area contributed by atoms with Gasteiger partial charge in [0.25, 0.3) is 0 Å². The molecule has 0 radical (unpaired) electrons. The summed E-state index contributed by atoms with van der Waals surface area (Å²) >= 11 is 0. The third-order valence-corrected chi connectivity index (χ3v) is 6.99. The second kappa shape index (κ2) is 9.73. The predicted octanol–water partition coefficient (Wildman–Crippen LogP) is 4.70. The first-order valence-electron chi connectivity index (χ1n) is 9.46. The number of rotatable bonds is 12. The van der Waals surface area contributed by atoms with E-state index in [2.05, 4.69) is 78.6 Å². The predicted molar refractivity (Wildman–Crippen MR) is 120 cm³/mol. The molecule has 0 aromatic carbocycles. The van der Waals surface area contributed by atoms with Crippen LogP contribution >= 0.6 is 0 Å². The highest BCUT2D eigenvalue weighted by Gasteiger charge is 2.40. The minimum atomic E-state index is -1.92. The van der Waals surface area contributed by atoms with Gasteiger partial charge in [-0.15, -0.1) is 0 Å². The van der Waals surface area contributed by atoms with Crippen molar-refractivity contribution in [3.8, 4) is 0 Å². The molecule has 0 spiro atoms. The van der Waals surface area contributed by atoms with Crippen LogP contribution in [0, 0.1) is 0 Å². The van der Waals surface area contributed by atoms with Gasteiger partial charge < -0.3 is 22.5 Å². The van der Waals surface area contributed by atoms with E-state index in [1.807, 2.05) is 0 Å². The maximum Gasteiger partial charge on any atom is 0.184 e. The van der Waals surface area contributed by atoms with Crippen LogP contribution < -0.4 is 0 Å². The maximum absolute atomic E-state index is 11.9. The van der Waals surface area contributed by atoms with E-state index in [0.717, 1.165) is 6.29 Å². The van der Waals surface area contributed by atoms with Gasteiger partial charge in [0, 0.05) is 0 Å². The van der Waals surface area contributed by atoms with Crippen LogP contribution in [0.25, 0.3) is 0 Å². The molecule has 0 aliphatic rings. The highest BCUT2D eigenvalue weighted by molar-refractivity contribution is 6.71. The van der Waals surface area contributed by atoms with E-state index in [0.29, 0.717) is 6.61 Å². The molecular formula is C17H42O5Si4. The molecule has 0 unspecified atom stereocenters. The van der Waals surface area contributed by atoms with Crippen LogP contribution in [0.1, 0.15) is 0 Å². The molecule has 3 atom stereocenters. The Bertz CT molecular complexity index is 432. The van der Waals surface area contributed by atoms with Gasteiger partial charge in [-0.1, -0.05) is 0 Å². The van der Waals surface area contributed by atoms with E-state index in [9.17, 15) is 4.79 Å². The molecule has 5 nitrogen and oxygen atoms in total. The summed E-state index contributed by atoms with van der Waals surface area (Å²) in [4.78, 5) is 11.9. The van der Waals surface area contributed by atoms with Crippen LogP contribution in [0.15, 0.2) is 0 Å². The van der Waals surface area contributed by atoms with Crippen molar-refractivity contribution in [2.75, 3.05) is 6.61 Å². The van der Waals surface area contributed by atoms with Crippen molar-refractivity contribution in [1.29, 1.82) is 0 Å². The molecule has 0 rings (SSSR count). The van der Waals surface area contributed by atoms with Crippen molar-refractivity contribution in [3.63, 3.8) is 0 Å². The highest BCUT2D eigenvalue weighted by Crippen LogP contribution is 2.23. The zero-order valence-electron chi connectivity index (χ0n) is 19.1. The average molecular weight is 439 g/mol. The van der Waals surface area contributed by atoms with Crippen LogP contribution in [0.5, 0.6) is 0 Å². The summed E-state index contributed by atoms with van der Waals surface area (Å²) in [6, 6.07) is 0. The second-order valence-corrected chi connectivity index (χ2v) is 28.6. The molecular weight excluding hydrogens is 397 g/mol. The van der Waals surface area contributed by atoms with Crippen LogP contribution in [-0.2, 0) is 22.5 Å². The summed E-state index contributed by atoms with van der Waals surface area (Å²) in [5, 5.41) is 0. The second-order valence-electron chi connectivity index (χ2n) is 10.7. The molecule has 9 heteroatoms. The summed E-state index contributed by atoms with van der Waals surface area (Å²) in [6.45, 7) is 26.0. The third-order valence-electron chi connectivity index (χ3n) is 2.99.